The topological polar surface area (TPSA) is 100 Å². The highest BCUT2D eigenvalue weighted by molar-refractivity contribution is 7.91. The van der Waals surface area contributed by atoms with Crippen LogP contribution in [0.5, 0.6) is 11.5 Å². The lowest BCUT2D eigenvalue weighted by atomic mass is 10.2. The first-order chi connectivity index (χ1) is 12.7. The third-order valence-corrected chi connectivity index (χ3v) is 5.63. The summed E-state index contributed by atoms with van der Waals surface area (Å²) < 4.78 is 36.8. The van der Waals surface area contributed by atoms with E-state index in [2.05, 4.69) is 0 Å². The van der Waals surface area contributed by atoms with Crippen LogP contribution in [0.3, 0.4) is 0 Å². The van der Waals surface area contributed by atoms with Gasteiger partial charge in [0.05, 0.1) is 9.79 Å². The van der Waals surface area contributed by atoms with E-state index in [1.54, 1.807) is 39.8 Å². The largest absolute Gasteiger partial charge is 0.476 e. The molecule has 0 saturated carbocycles. The fraction of sp³-hybridized carbons (Fsp3) is 0.300. The quantitative estimate of drug-likeness (QED) is 0.752. The molecule has 6 nitrogen and oxygen atoms in total. The number of hydrogen-bond acceptors (Lipinski definition) is 6. The van der Waals surface area contributed by atoms with E-state index in [4.69, 9.17) is 20.0 Å². The highest BCUT2D eigenvalue weighted by atomic mass is 32.2. The van der Waals surface area contributed by atoms with Crippen molar-refractivity contribution >= 4 is 9.84 Å². The second kappa shape index (κ2) is 8.11. The summed E-state index contributed by atoms with van der Waals surface area (Å²) in [6.07, 6.45) is -1.26. The smallest absolute Gasteiger partial charge is 0.206 e. The summed E-state index contributed by atoms with van der Waals surface area (Å²) in [4.78, 5) is 0.269. The van der Waals surface area contributed by atoms with E-state index < -0.39 is 22.0 Å². The number of ether oxygens (including phenoxy) is 2. The van der Waals surface area contributed by atoms with Gasteiger partial charge in [0.2, 0.25) is 9.84 Å². The fourth-order valence-electron chi connectivity index (χ4n) is 2.41. The molecule has 0 heterocycles. The predicted octanol–water partition coefficient (Wildman–Crippen LogP) is 3.72. The van der Waals surface area contributed by atoms with Crippen LogP contribution in [0.2, 0.25) is 0 Å². The van der Waals surface area contributed by atoms with Gasteiger partial charge in [-0.05, 0) is 75.2 Å². The van der Waals surface area contributed by atoms with Gasteiger partial charge in [-0.15, -0.1) is 0 Å². The number of nitrogens with zero attached hydrogens (tertiary/aromatic N) is 2. The van der Waals surface area contributed by atoms with Crippen molar-refractivity contribution in [2.45, 2.75) is 49.7 Å². The molecule has 0 radical (unpaired) electrons. The van der Waals surface area contributed by atoms with Gasteiger partial charge in [0.1, 0.15) is 23.6 Å². The molecule has 0 saturated heterocycles. The number of sulfone groups is 1. The molecule has 7 heteroatoms. The monoisotopic (exact) mass is 384 g/mol. The van der Waals surface area contributed by atoms with Crippen LogP contribution in [-0.2, 0) is 9.84 Å². The lowest BCUT2D eigenvalue weighted by Gasteiger charge is -2.14. The summed E-state index contributed by atoms with van der Waals surface area (Å²) in [6, 6.07) is 13.0. The van der Waals surface area contributed by atoms with E-state index >= 15 is 0 Å². The summed E-state index contributed by atoms with van der Waals surface area (Å²) in [7, 11) is -3.73. The van der Waals surface area contributed by atoms with Crippen molar-refractivity contribution in [3.05, 3.63) is 47.5 Å². The molecule has 27 heavy (non-hydrogen) atoms. The van der Waals surface area contributed by atoms with Crippen molar-refractivity contribution in [1.29, 1.82) is 10.5 Å². The van der Waals surface area contributed by atoms with Gasteiger partial charge in [-0.2, -0.15) is 10.5 Å². The van der Waals surface area contributed by atoms with E-state index in [1.807, 2.05) is 12.1 Å². The molecule has 0 aliphatic rings. The van der Waals surface area contributed by atoms with Crippen LogP contribution in [0.15, 0.2) is 46.2 Å². The Morgan fingerprint density at radius 3 is 1.48 bits per heavy atom. The molecule has 0 bridgehead atoms. The van der Waals surface area contributed by atoms with Crippen LogP contribution in [-0.4, -0.2) is 20.6 Å². The van der Waals surface area contributed by atoms with Crippen LogP contribution < -0.4 is 9.47 Å². The molecular weight excluding hydrogens is 364 g/mol. The number of rotatable bonds is 6. The highest BCUT2D eigenvalue weighted by Crippen LogP contribution is 2.29. The van der Waals surface area contributed by atoms with Gasteiger partial charge < -0.3 is 9.47 Å². The van der Waals surface area contributed by atoms with Crippen molar-refractivity contribution in [2.75, 3.05) is 0 Å². The van der Waals surface area contributed by atoms with E-state index in [1.165, 1.54) is 24.3 Å². The Hall–Kier alpha value is -3.03. The van der Waals surface area contributed by atoms with Gasteiger partial charge in [-0.1, -0.05) is 0 Å². The summed E-state index contributed by atoms with van der Waals surface area (Å²) in [5, 5.41) is 17.7. The summed E-state index contributed by atoms with van der Waals surface area (Å²) >= 11 is 0. The van der Waals surface area contributed by atoms with Crippen molar-refractivity contribution in [2.24, 2.45) is 0 Å². The van der Waals surface area contributed by atoms with Crippen LogP contribution in [0.1, 0.15) is 25.0 Å². The summed E-state index contributed by atoms with van der Waals surface area (Å²) in [5.41, 5.74) is 1.25. The van der Waals surface area contributed by atoms with Crippen LogP contribution in [0.4, 0.5) is 0 Å². The van der Waals surface area contributed by atoms with Crippen molar-refractivity contribution < 1.29 is 17.9 Å². The van der Waals surface area contributed by atoms with Gasteiger partial charge in [-0.3, -0.25) is 0 Å². The molecule has 0 aliphatic heterocycles. The Morgan fingerprint density at radius 1 is 0.815 bits per heavy atom. The maximum atomic E-state index is 12.9. The number of benzene rings is 2. The van der Waals surface area contributed by atoms with E-state index in [0.717, 1.165) is 0 Å². The van der Waals surface area contributed by atoms with Gasteiger partial charge >= 0.3 is 0 Å². The first-order valence-electron chi connectivity index (χ1n) is 8.28. The van der Waals surface area contributed by atoms with Gasteiger partial charge in [0, 0.05) is 0 Å². The highest BCUT2D eigenvalue weighted by Gasteiger charge is 2.20. The van der Waals surface area contributed by atoms with Crippen molar-refractivity contribution in [3.8, 4) is 23.6 Å². The second-order valence-corrected chi connectivity index (χ2v) is 8.09. The van der Waals surface area contributed by atoms with E-state index in [0.29, 0.717) is 22.6 Å². The third kappa shape index (κ3) is 4.58. The molecule has 0 spiro atoms. The third-order valence-electron chi connectivity index (χ3n) is 3.88. The molecule has 2 rings (SSSR count). The SMILES string of the molecule is Cc1cc(S(=O)(=O)c2ccc(O[C@@H](C)C#N)c(C)c2)ccc1O[C@@H](C)C#N. The van der Waals surface area contributed by atoms with E-state index in [9.17, 15) is 8.42 Å². The summed E-state index contributed by atoms with van der Waals surface area (Å²) in [6.45, 7) is 6.68. The molecule has 2 atom stereocenters. The maximum Gasteiger partial charge on any atom is 0.206 e. The van der Waals surface area contributed by atoms with Crippen LogP contribution in [0.25, 0.3) is 0 Å². The molecule has 0 fully saturated rings. The molecule has 0 amide bonds. The Kier molecular flexibility index (Phi) is 6.09. The molecule has 2 aromatic carbocycles. The Morgan fingerprint density at radius 2 is 1.19 bits per heavy atom. The second-order valence-electron chi connectivity index (χ2n) is 6.14. The Bertz CT molecular complexity index is 955. The predicted molar refractivity (Wildman–Crippen MR) is 99.2 cm³/mol. The molecule has 0 unspecified atom stereocenters. The normalized spacial score (nSPS) is 13.1. The Balaban J connectivity index is 2.36. The number of nitriles is 2. The van der Waals surface area contributed by atoms with Gasteiger partial charge in [0.25, 0.3) is 0 Å². The average Bonchev–Trinajstić information content (AvgIpc) is 2.64. The lowest BCUT2D eigenvalue weighted by molar-refractivity contribution is 0.274. The first kappa shape index (κ1) is 20.3. The minimum atomic E-state index is -3.73. The summed E-state index contributed by atoms with van der Waals surface area (Å²) in [5.74, 6) is 0.932. The number of hydrogen-bond donors (Lipinski definition) is 0. The Labute approximate surface area is 159 Å². The zero-order valence-electron chi connectivity index (χ0n) is 15.6. The molecule has 0 aromatic heterocycles. The zero-order valence-corrected chi connectivity index (χ0v) is 16.4. The number of aryl methyl sites for hydroxylation is 2. The minimum Gasteiger partial charge on any atom is -0.476 e. The lowest BCUT2D eigenvalue weighted by Crippen LogP contribution is -2.10. The molecule has 0 N–H and O–H groups in total. The van der Waals surface area contributed by atoms with Crippen molar-refractivity contribution in [3.63, 3.8) is 0 Å². The van der Waals surface area contributed by atoms with E-state index in [-0.39, 0.29) is 9.79 Å². The molecule has 2 aromatic rings. The zero-order chi connectivity index (χ0) is 20.2. The van der Waals surface area contributed by atoms with Crippen LogP contribution in [0, 0.1) is 36.5 Å². The minimum absolute atomic E-state index is 0.135. The molecule has 0 aliphatic carbocycles. The molecule has 140 valence electrons. The van der Waals surface area contributed by atoms with Gasteiger partial charge in [0.15, 0.2) is 12.2 Å². The average molecular weight is 384 g/mol. The van der Waals surface area contributed by atoms with Crippen molar-refractivity contribution in [1.82, 2.24) is 0 Å². The first-order valence-corrected chi connectivity index (χ1v) is 9.76. The fourth-order valence-corrected chi connectivity index (χ4v) is 3.84. The maximum absolute atomic E-state index is 12.9. The van der Waals surface area contributed by atoms with Crippen LogP contribution >= 0.6 is 0 Å². The molecular formula is C20H20N2O4S. The van der Waals surface area contributed by atoms with Gasteiger partial charge in [-0.25, -0.2) is 8.42 Å². The standard InChI is InChI=1S/C20H20N2O4S/c1-13-9-17(5-7-19(13)25-15(3)11-21)27(23,24)18-6-8-20(14(2)10-18)26-16(4)12-22/h5-10,15-16H,1-4H3/t15-,16-/m0/s1.